The fourth-order valence-electron chi connectivity index (χ4n) is 0. The van der Waals surface area contributed by atoms with Crippen LogP contribution in [0.15, 0.2) is 0 Å². The molecule has 0 aliphatic heterocycles. The minimum atomic E-state index is -1.83. The van der Waals surface area contributed by atoms with E-state index in [1.807, 2.05) is 0 Å². The van der Waals surface area contributed by atoms with Gasteiger partial charge in [0.2, 0.25) is 0 Å². The summed E-state index contributed by atoms with van der Waals surface area (Å²) in [6, 6.07) is 0. The van der Waals surface area contributed by atoms with Gasteiger partial charge in [-0.25, -0.2) is 4.79 Å². The molecule has 0 radical (unpaired) electrons. The summed E-state index contributed by atoms with van der Waals surface area (Å²) in [5, 5.41) is 13.9. The van der Waals surface area contributed by atoms with Crippen molar-refractivity contribution in [1.29, 1.82) is 0 Å². The third-order valence-electron chi connectivity index (χ3n) is 0. The second-order valence-corrected chi connectivity index (χ2v) is 0.283. The molecule has 0 bridgehead atoms. The van der Waals surface area contributed by atoms with Gasteiger partial charge < -0.3 is 10.2 Å². The fraction of sp³-hybridized carbons (Fsp3) is 0. The van der Waals surface area contributed by atoms with E-state index in [-0.39, 0.29) is 21.7 Å². The van der Waals surface area contributed by atoms with Gasteiger partial charge in [-0.15, -0.1) is 0 Å². The Morgan fingerprint density at radius 1 is 1.40 bits per heavy atom. The smallest absolute Gasteiger partial charge is 0.450 e. The monoisotopic (exact) mass is 110 g/mol. The van der Waals surface area contributed by atoms with Crippen molar-refractivity contribution in [3.63, 3.8) is 0 Å². The summed E-state index contributed by atoms with van der Waals surface area (Å²) in [4.78, 5) is 8.56. The van der Waals surface area contributed by atoms with Gasteiger partial charge in [-0.05, 0) is 0 Å². The van der Waals surface area contributed by atoms with E-state index in [4.69, 9.17) is 15.0 Å². The van der Waals surface area contributed by atoms with Crippen molar-refractivity contribution < 1.29 is 36.7 Å². The molecule has 0 aromatic carbocycles. The summed E-state index contributed by atoms with van der Waals surface area (Å²) in [5.74, 6) is 0. The Bertz CT molecular complexity index is 29.9. The van der Waals surface area contributed by atoms with Crippen molar-refractivity contribution >= 4 is 6.16 Å². The van der Waals surface area contributed by atoms with Crippen LogP contribution in [-0.4, -0.2) is 16.4 Å². The first-order valence-corrected chi connectivity index (χ1v) is 0.651. The molecule has 0 amide bonds. The van der Waals surface area contributed by atoms with Crippen LogP contribution in [0.2, 0.25) is 0 Å². The van der Waals surface area contributed by atoms with Gasteiger partial charge in [0.05, 0.1) is 0 Å². The molecule has 0 fully saturated rings. The summed E-state index contributed by atoms with van der Waals surface area (Å²) in [5.41, 5.74) is 0. The van der Waals surface area contributed by atoms with Crippen LogP contribution in [0.4, 0.5) is 4.79 Å². The zero-order chi connectivity index (χ0) is 3.58. The molecule has 0 saturated heterocycles. The molecule has 0 aromatic rings. The van der Waals surface area contributed by atoms with Crippen LogP contribution in [-0.2, 0) is 21.7 Å². The van der Waals surface area contributed by atoms with E-state index in [0.717, 1.165) is 0 Å². The maximum Gasteiger partial charge on any atom is 0.503 e. The molecule has 4 heteroatoms. The van der Waals surface area contributed by atoms with Crippen LogP contribution in [0, 0.1) is 0 Å². The van der Waals surface area contributed by atoms with Gasteiger partial charge in [0, 0.05) is 21.7 Å². The average Bonchev–Trinajstić information content (AvgIpc) is 0.811. The maximum absolute atomic E-state index is 8.56. The normalized spacial score (nSPS) is 4.80. The molecule has 0 aliphatic carbocycles. The van der Waals surface area contributed by atoms with E-state index in [1.165, 1.54) is 0 Å². The summed E-state index contributed by atoms with van der Waals surface area (Å²) < 4.78 is 0. The summed E-state index contributed by atoms with van der Waals surface area (Å²) in [7, 11) is 0. The molecule has 0 saturated carbocycles. The number of rotatable bonds is 0. The Labute approximate surface area is 43.5 Å². The van der Waals surface area contributed by atoms with E-state index in [0.29, 0.717) is 0 Å². The SMILES string of the molecule is O=C(O)O.[Ti]. The van der Waals surface area contributed by atoms with Gasteiger partial charge in [0.25, 0.3) is 0 Å². The van der Waals surface area contributed by atoms with Crippen LogP contribution in [0.5, 0.6) is 0 Å². The summed E-state index contributed by atoms with van der Waals surface area (Å²) in [6.07, 6.45) is -1.83. The molecule has 0 aromatic heterocycles. The van der Waals surface area contributed by atoms with Gasteiger partial charge in [-0.2, -0.15) is 0 Å². The minimum absolute atomic E-state index is 0. The molecule has 3 nitrogen and oxygen atoms in total. The maximum atomic E-state index is 8.56. The number of carbonyl (C=O) groups is 1. The van der Waals surface area contributed by atoms with Gasteiger partial charge in [0.15, 0.2) is 0 Å². The van der Waals surface area contributed by atoms with E-state index in [2.05, 4.69) is 0 Å². The molecule has 2 N–H and O–H groups in total. The second-order valence-electron chi connectivity index (χ2n) is 0.283. The standard InChI is InChI=1S/CH2O3.Ti/c2-1(3)4;/h(H2,2,3,4);. The Hall–Kier alpha value is -0.0157. The van der Waals surface area contributed by atoms with Crippen molar-refractivity contribution in [2.75, 3.05) is 0 Å². The first kappa shape index (κ1) is 8.88. The predicted molar refractivity (Wildman–Crippen MR) is 10.7 cm³/mol. The van der Waals surface area contributed by atoms with E-state index in [1.54, 1.807) is 0 Å². The van der Waals surface area contributed by atoms with Gasteiger partial charge in [0.1, 0.15) is 0 Å². The molecule has 5 heavy (non-hydrogen) atoms. The van der Waals surface area contributed by atoms with Crippen LogP contribution >= 0.6 is 0 Å². The van der Waals surface area contributed by atoms with Crippen molar-refractivity contribution in [3.8, 4) is 0 Å². The van der Waals surface area contributed by atoms with Crippen molar-refractivity contribution in [2.24, 2.45) is 0 Å². The molecule has 0 unspecified atom stereocenters. The van der Waals surface area contributed by atoms with Gasteiger partial charge in [-0.3, -0.25) is 0 Å². The quantitative estimate of drug-likeness (QED) is 0.438. The molecular formula is CH2O3Ti. The van der Waals surface area contributed by atoms with E-state index >= 15 is 0 Å². The predicted octanol–water partition coefficient (Wildman–Crippen LogP) is 0.220. The van der Waals surface area contributed by atoms with Crippen LogP contribution in [0.25, 0.3) is 0 Å². The van der Waals surface area contributed by atoms with Crippen molar-refractivity contribution in [2.45, 2.75) is 0 Å². The number of hydrogen-bond acceptors (Lipinski definition) is 1. The number of hydrogen-bond donors (Lipinski definition) is 2. The topological polar surface area (TPSA) is 57.5 Å². The molecule has 0 heterocycles. The third-order valence-corrected chi connectivity index (χ3v) is 0. The minimum Gasteiger partial charge on any atom is -0.450 e. The van der Waals surface area contributed by atoms with Crippen LogP contribution in [0.1, 0.15) is 0 Å². The second kappa shape index (κ2) is 3.98. The van der Waals surface area contributed by atoms with Gasteiger partial charge in [-0.1, -0.05) is 0 Å². The molecular weight excluding hydrogens is 108 g/mol. The van der Waals surface area contributed by atoms with Gasteiger partial charge >= 0.3 is 6.16 Å². The van der Waals surface area contributed by atoms with Crippen molar-refractivity contribution in [1.82, 2.24) is 0 Å². The molecule has 28 valence electrons. The van der Waals surface area contributed by atoms with Crippen LogP contribution in [0.3, 0.4) is 0 Å². The fourth-order valence-corrected chi connectivity index (χ4v) is 0. The summed E-state index contributed by atoms with van der Waals surface area (Å²) in [6.45, 7) is 0. The Morgan fingerprint density at radius 2 is 1.40 bits per heavy atom. The van der Waals surface area contributed by atoms with E-state index < -0.39 is 6.16 Å². The Morgan fingerprint density at radius 3 is 1.40 bits per heavy atom. The first-order valence-electron chi connectivity index (χ1n) is 0.651. The largest absolute Gasteiger partial charge is 0.503 e. The summed E-state index contributed by atoms with van der Waals surface area (Å²) >= 11 is 0. The zero-order valence-electron chi connectivity index (χ0n) is 2.30. The molecule has 0 spiro atoms. The average molecular weight is 110 g/mol. The molecule has 0 aliphatic rings. The van der Waals surface area contributed by atoms with E-state index in [9.17, 15) is 0 Å². The zero-order valence-corrected chi connectivity index (χ0v) is 3.86. The van der Waals surface area contributed by atoms with Crippen LogP contribution < -0.4 is 0 Å². The Kier molecular flexibility index (Phi) is 7.08. The molecule has 0 rings (SSSR count). The molecule has 0 atom stereocenters. The third kappa shape index (κ3) is 63500. The number of carboxylic acid groups (broad SMARTS) is 2. The van der Waals surface area contributed by atoms with Crippen molar-refractivity contribution in [3.05, 3.63) is 0 Å². The Balaban J connectivity index is 0. The first-order chi connectivity index (χ1) is 1.73.